The molecule has 1 heterocycles. The zero-order valence-corrected chi connectivity index (χ0v) is 22.0. The predicted molar refractivity (Wildman–Crippen MR) is 139 cm³/mol. The van der Waals surface area contributed by atoms with Gasteiger partial charge in [-0.3, -0.25) is 14.4 Å². The van der Waals surface area contributed by atoms with Crippen LogP contribution in [0.25, 0.3) is 0 Å². The van der Waals surface area contributed by atoms with Gasteiger partial charge in [-0.05, 0) is 48.1 Å². The molecule has 10 heteroatoms. The summed E-state index contributed by atoms with van der Waals surface area (Å²) in [6.07, 6.45) is 0.169. The van der Waals surface area contributed by atoms with Gasteiger partial charge in [0.05, 0.1) is 12.1 Å². The molecule has 2 aromatic carbocycles. The molecule has 3 atom stereocenters. The number of carbonyl (C=O) groups excluding carboxylic acids is 3. The van der Waals surface area contributed by atoms with Crippen molar-refractivity contribution in [3.8, 4) is 0 Å². The van der Waals surface area contributed by atoms with E-state index in [2.05, 4.69) is 23.6 Å². The normalized spacial score (nSPS) is 17.5. The number of carbonyl (C=O) groups is 3. The van der Waals surface area contributed by atoms with E-state index in [1.807, 2.05) is 18.2 Å². The molecule has 3 rings (SSSR count). The predicted octanol–water partition coefficient (Wildman–Crippen LogP) is 1.78. The van der Waals surface area contributed by atoms with Crippen LogP contribution in [0.5, 0.6) is 0 Å². The highest BCUT2D eigenvalue weighted by Crippen LogP contribution is 2.15. The summed E-state index contributed by atoms with van der Waals surface area (Å²) in [4.78, 5) is 40.6. The lowest BCUT2D eigenvalue weighted by atomic mass is 10.00. The van der Waals surface area contributed by atoms with Crippen LogP contribution in [0.2, 0.25) is 0 Å². The zero-order valence-electron chi connectivity index (χ0n) is 22.0. The Morgan fingerprint density at radius 1 is 1.08 bits per heavy atom. The van der Waals surface area contributed by atoms with Crippen LogP contribution in [0.3, 0.4) is 0 Å². The van der Waals surface area contributed by atoms with E-state index in [4.69, 9.17) is 0 Å². The molecular formula is C28H36F2N4O4. The first-order valence-corrected chi connectivity index (χ1v) is 12.9. The van der Waals surface area contributed by atoms with Crippen LogP contribution >= 0.6 is 0 Å². The lowest BCUT2D eigenvalue weighted by Crippen LogP contribution is -2.60. The van der Waals surface area contributed by atoms with Gasteiger partial charge in [-0.1, -0.05) is 38.1 Å². The highest BCUT2D eigenvalue weighted by molar-refractivity contribution is 5.96. The van der Waals surface area contributed by atoms with Gasteiger partial charge in [-0.15, -0.1) is 0 Å². The largest absolute Gasteiger partial charge is 0.390 e. The minimum absolute atomic E-state index is 0.0399. The summed E-state index contributed by atoms with van der Waals surface area (Å²) in [6, 6.07) is 9.51. The first kappa shape index (κ1) is 29.2. The third kappa shape index (κ3) is 7.82. The maximum atomic E-state index is 13.8. The van der Waals surface area contributed by atoms with Crippen molar-refractivity contribution in [3.63, 3.8) is 0 Å². The topological polar surface area (TPSA) is 102 Å². The Bertz CT molecular complexity index is 1130. The number of aryl methyl sites for hydroxylation is 1. The molecule has 1 aliphatic rings. The number of aliphatic hydroxyl groups excluding tert-OH is 1. The maximum absolute atomic E-state index is 13.8. The molecule has 0 bridgehead atoms. The average molecular weight is 531 g/mol. The SMILES string of the molecule is CCc1cccc(CNC[C@@H](O)[C@H](Cc2cc(F)cc(F)c2)NC(=O)CN2CC(=O)N(C)[C@H](CC)C2=O)c1. The molecular weight excluding hydrogens is 494 g/mol. The van der Waals surface area contributed by atoms with Crippen molar-refractivity contribution in [3.05, 3.63) is 70.8 Å². The van der Waals surface area contributed by atoms with Crippen LogP contribution in [0.15, 0.2) is 42.5 Å². The summed E-state index contributed by atoms with van der Waals surface area (Å²) in [5.74, 6) is -2.71. The molecule has 0 unspecified atom stereocenters. The number of likely N-dealkylation sites (N-methyl/N-ethyl adjacent to an activating group) is 1. The molecule has 1 fully saturated rings. The Kier molecular flexibility index (Phi) is 10.3. The van der Waals surface area contributed by atoms with Crippen LogP contribution in [-0.2, 0) is 33.8 Å². The molecule has 0 aromatic heterocycles. The van der Waals surface area contributed by atoms with E-state index in [-0.39, 0.29) is 43.4 Å². The highest BCUT2D eigenvalue weighted by atomic mass is 19.1. The Hall–Kier alpha value is -3.37. The molecule has 1 aliphatic heterocycles. The molecule has 2 aromatic rings. The number of nitrogens with one attached hydrogen (secondary N) is 2. The molecule has 3 N–H and O–H groups in total. The molecule has 0 saturated carbocycles. The van der Waals surface area contributed by atoms with Crippen LogP contribution in [-0.4, -0.2) is 77.5 Å². The van der Waals surface area contributed by atoms with Crippen LogP contribution in [0.1, 0.15) is 37.0 Å². The smallest absolute Gasteiger partial charge is 0.246 e. The van der Waals surface area contributed by atoms with E-state index in [1.165, 1.54) is 15.4 Å². The first-order chi connectivity index (χ1) is 18.1. The Morgan fingerprint density at radius 2 is 1.76 bits per heavy atom. The fourth-order valence-corrected chi connectivity index (χ4v) is 4.64. The molecule has 38 heavy (non-hydrogen) atoms. The highest BCUT2D eigenvalue weighted by Gasteiger charge is 2.37. The summed E-state index contributed by atoms with van der Waals surface area (Å²) < 4.78 is 27.6. The molecule has 0 spiro atoms. The second-order valence-corrected chi connectivity index (χ2v) is 9.65. The van der Waals surface area contributed by atoms with Crippen molar-refractivity contribution < 1.29 is 28.3 Å². The van der Waals surface area contributed by atoms with E-state index in [0.29, 0.717) is 13.0 Å². The summed E-state index contributed by atoms with van der Waals surface area (Å²) in [6.45, 7) is 3.84. The third-order valence-electron chi connectivity index (χ3n) is 6.78. The number of hydrogen-bond donors (Lipinski definition) is 3. The van der Waals surface area contributed by atoms with Gasteiger partial charge < -0.3 is 25.5 Å². The summed E-state index contributed by atoms with van der Waals surface area (Å²) >= 11 is 0. The van der Waals surface area contributed by atoms with E-state index in [0.717, 1.165) is 30.2 Å². The van der Waals surface area contributed by atoms with Gasteiger partial charge in [-0.25, -0.2) is 8.78 Å². The van der Waals surface area contributed by atoms with Crippen molar-refractivity contribution in [2.24, 2.45) is 0 Å². The second kappa shape index (κ2) is 13.4. The maximum Gasteiger partial charge on any atom is 0.246 e. The Balaban J connectivity index is 1.68. The average Bonchev–Trinajstić information content (AvgIpc) is 2.86. The van der Waals surface area contributed by atoms with Gasteiger partial charge >= 0.3 is 0 Å². The first-order valence-electron chi connectivity index (χ1n) is 12.9. The van der Waals surface area contributed by atoms with Crippen molar-refractivity contribution in [2.75, 3.05) is 26.7 Å². The number of rotatable bonds is 12. The quantitative estimate of drug-likeness (QED) is 0.389. The molecule has 0 aliphatic carbocycles. The van der Waals surface area contributed by atoms with Crippen LogP contribution in [0, 0.1) is 11.6 Å². The third-order valence-corrected chi connectivity index (χ3v) is 6.78. The number of benzene rings is 2. The van der Waals surface area contributed by atoms with Gasteiger partial charge in [-0.2, -0.15) is 0 Å². The standard InChI is InChI=1S/C28H36F2N4O4/c1-4-18-7-6-8-19(9-18)14-31-15-25(35)23(12-20-10-21(29)13-22(30)11-20)32-26(36)16-34-17-27(37)33(3)24(5-2)28(34)38/h6-11,13,23-25,31,35H,4-5,12,14-17H2,1-3H3,(H,32,36)/t23-,24+,25+/m0/s1. The number of hydrogen-bond acceptors (Lipinski definition) is 5. The van der Waals surface area contributed by atoms with E-state index in [1.54, 1.807) is 14.0 Å². The van der Waals surface area contributed by atoms with Gasteiger partial charge in [0.15, 0.2) is 0 Å². The van der Waals surface area contributed by atoms with Crippen molar-refractivity contribution in [1.29, 1.82) is 0 Å². The van der Waals surface area contributed by atoms with Gasteiger partial charge in [0.2, 0.25) is 17.7 Å². The van der Waals surface area contributed by atoms with Crippen molar-refractivity contribution in [1.82, 2.24) is 20.4 Å². The summed E-state index contributed by atoms with van der Waals surface area (Å²) in [7, 11) is 1.56. The van der Waals surface area contributed by atoms with E-state index >= 15 is 0 Å². The minimum Gasteiger partial charge on any atom is -0.390 e. The number of aliphatic hydroxyl groups is 1. The van der Waals surface area contributed by atoms with E-state index in [9.17, 15) is 28.3 Å². The number of nitrogens with zero attached hydrogens (tertiary/aromatic N) is 2. The fourth-order valence-electron chi connectivity index (χ4n) is 4.64. The molecule has 1 saturated heterocycles. The summed E-state index contributed by atoms with van der Waals surface area (Å²) in [5.41, 5.74) is 2.48. The van der Waals surface area contributed by atoms with Crippen LogP contribution in [0.4, 0.5) is 8.78 Å². The van der Waals surface area contributed by atoms with Crippen molar-refractivity contribution in [2.45, 2.75) is 57.8 Å². The molecule has 3 amide bonds. The lowest BCUT2D eigenvalue weighted by Gasteiger charge is -2.37. The van der Waals surface area contributed by atoms with Gasteiger partial charge in [0.1, 0.15) is 30.8 Å². The molecule has 0 radical (unpaired) electrons. The number of halogens is 2. The lowest BCUT2D eigenvalue weighted by molar-refractivity contribution is -0.155. The summed E-state index contributed by atoms with van der Waals surface area (Å²) in [5, 5.41) is 16.8. The Labute approximate surface area is 222 Å². The second-order valence-electron chi connectivity index (χ2n) is 9.65. The number of amides is 3. The van der Waals surface area contributed by atoms with Crippen molar-refractivity contribution >= 4 is 17.7 Å². The van der Waals surface area contributed by atoms with Gasteiger partial charge in [0.25, 0.3) is 0 Å². The number of piperazine rings is 1. The molecule has 206 valence electrons. The minimum atomic E-state index is -1.10. The molecule has 8 nitrogen and oxygen atoms in total. The fraction of sp³-hybridized carbons (Fsp3) is 0.464. The van der Waals surface area contributed by atoms with E-state index < -0.39 is 35.7 Å². The van der Waals surface area contributed by atoms with Gasteiger partial charge in [0, 0.05) is 26.2 Å². The van der Waals surface area contributed by atoms with Crippen LogP contribution < -0.4 is 10.6 Å². The Morgan fingerprint density at radius 3 is 2.42 bits per heavy atom. The zero-order chi connectivity index (χ0) is 27.8. The monoisotopic (exact) mass is 530 g/mol.